The van der Waals surface area contributed by atoms with E-state index in [9.17, 15) is 8.78 Å². The molecule has 0 aliphatic carbocycles. The van der Waals surface area contributed by atoms with Gasteiger partial charge in [-0.05, 0) is 46.2 Å². The van der Waals surface area contributed by atoms with E-state index < -0.39 is 11.6 Å². The van der Waals surface area contributed by atoms with Crippen LogP contribution in [0.25, 0.3) is 11.1 Å². The molecular weight excluding hydrogens is 333 g/mol. The summed E-state index contributed by atoms with van der Waals surface area (Å²) in [5.74, 6) is -1.55. The van der Waals surface area contributed by atoms with E-state index in [1.807, 2.05) is 24.3 Å². The molecule has 0 fully saturated rings. The third kappa shape index (κ3) is 2.49. The quantitative estimate of drug-likeness (QED) is 0.542. The van der Waals surface area contributed by atoms with Crippen molar-refractivity contribution in [3.05, 3.63) is 57.2 Å². The lowest BCUT2D eigenvalue weighted by molar-refractivity contribution is 0.506. The standard InChI is InChI=1S/C14H11F2I/c1-2-9-3-5-10(6-4-9)11-7-8-12(17)14(16)13(11)15/h3-8H,2H2,1H3. The number of hydrogen-bond donors (Lipinski definition) is 0. The molecule has 2 aromatic rings. The van der Waals surface area contributed by atoms with Gasteiger partial charge in [-0.25, -0.2) is 8.78 Å². The fourth-order valence-corrected chi connectivity index (χ4v) is 2.09. The highest BCUT2D eigenvalue weighted by atomic mass is 127. The van der Waals surface area contributed by atoms with Crippen molar-refractivity contribution in [2.45, 2.75) is 13.3 Å². The molecule has 17 heavy (non-hydrogen) atoms. The molecule has 0 aliphatic rings. The molecule has 2 aromatic carbocycles. The van der Waals surface area contributed by atoms with Crippen LogP contribution >= 0.6 is 22.6 Å². The lowest BCUT2D eigenvalue weighted by Crippen LogP contribution is -1.93. The Hall–Kier alpha value is -0.970. The summed E-state index contributed by atoms with van der Waals surface area (Å²) in [6.45, 7) is 2.06. The van der Waals surface area contributed by atoms with E-state index in [0.29, 0.717) is 14.7 Å². The van der Waals surface area contributed by atoms with Crippen LogP contribution in [0, 0.1) is 15.2 Å². The third-order valence-corrected chi connectivity index (χ3v) is 3.54. The molecule has 0 heterocycles. The minimum Gasteiger partial charge on any atom is -0.203 e. The molecule has 0 N–H and O–H groups in total. The summed E-state index contributed by atoms with van der Waals surface area (Å²) in [6.07, 6.45) is 0.934. The Morgan fingerprint density at radius 3 is 2.18 bits per heavy atom. The fraction of sp³-hybridized carbons (Fsp3) is 0.143. The van der Waals surface area contributed by atoms with Gasteiger partial charge in [-0.2, -0.15) is 0 Å². The van der Waals surface area contributed by atoms with Gasteiger partial charge in [0, 0.05) is 5.56 Å². The highest BCUT2D eigenvalue weighted by Gasteiger charge is 2.12. The van der Waals surface area contributed by atoms with Crippen LogP contribution in [0.15, 0.2) is 36.4 Å². The molecule has 2 rings (SSSR count). The fourth-order valence-electron chi connectivity index (χ4n) is 1.67. The summed E-state index contributed by atoms with van der Waals surface area (Å²) in [5.41, 5.74) is 2.20. The van der Waals surface area contributed by atoms with E-state index in [1.165, 1.54) is 5.56 Å². The van der Waals surface area contributed by atoms with Crippen molar-refractivity contribution in [3.63, 3.8) is 0 Å². The van der Waals surface area contributed by atoms with Gasteiger partial charge in [0.25, 0.3) is 0 Å². The van der Waals surface area contributed by atoms with Gasteiger partial charge in [0.05, 0.1) is 3.57 Å². The number of halogens is 3. The maximum absolute atomic E-state index is 13.8. The van der Waals surface area contributed by atoms with Gasteiger partial charge >= 0.3 is 0 Å². The monoisotopic (exact) mass is 344 g/mol. The van der Waals surface area contributed by atoms with Crippen molar-refractivity contribution in [2.75, 3.05) is 0 Å². The second-order valence-electron chi connectivity index (χ2n) is 3.77. The summed E-state index contributed by atoms with van der Waals surface area (Å²) in [5, 5.41) is 0. The zero-order chi connectivity index (χ0) is 12.4. The topological polar surface area (TPSA) is 0 Å². The van der Waals surface area contributed by atoms with Crippen LogP contribution in [0.3, 0.4) is 0 Å². The highest BCUT2D eigenvalue weighted by Crippen LogP contribution is 2.27. The zero-order valence-electron chi connectivity index (χ0n) is 9.31. The van der Waals surface area contributed by atoms with E-state index in [4.69, 9.17) is 0 Å². The molecule has 0 amide bonds. The van der Waals surface area contributed by atoms with Crippen LogP contribution in [0.5, 0.6) is 0 Å². The smallest absolute Gasteiger partial charge is 0.172 e. The maximum Gasteiger partial charge on any atom is 0.172 e. The van der Waals surface area contributed by atoms with Crippen LogP contribution in [-0.4, -0.2) is 0 Å². The number of aryl methyl sites for hydroxylation is 1. The summed E-state index contributed by atoms with van der Waals surface area (Å²) in [4.78, 5) is 0. The zero-order valence-corrected chi connectivity index (χ0v) is 11.5. The first-order chi connectivity index (χ1) is 8.13. The van der Waals surface area contributed by atoms with Crippen LogP contribution in [0.1, 0.15) is 12.5 Å². The lowest BCUT2D eigenvalue weighted by Gasteiger charge is -2.06. The third-order valence-electron chi connectivity index (χ3n) is 2.71. The summed E-state index contributed by atoms with van der Waals surface area (Å²) < 4.78 is 27.5. The first-order valence-electron chi connectivity index (χ1n) is 5.36. The van der Waals surface area contributed by atoms with Gasteiger partial charge in [-0.1, -0.05) is 37.3 Å². The number of hydrogen-bond acceptors (Lipinski definition) is 0. The molecule has 3 heteroatoms. The molecule has 0 aliphatic heterocycles. The molecule has 0 aromatic heterocycles. The molecular formula is C14H11F2I. The largest absolute Gasteiger partial charge is 0.203 e. The van der Waals surface area contributed by atoms with Gasteiger partial charge in [0.1, 0.15) is 0 Å². The molecule has 88 valence electrons. The minimum atomic E-state index is -0.777. The van der Waals surface area contributed by atoms with Crippen molar-refractivity contribution in [1.82, 2.24) is 0 Å². The molecule has 0 saturated carbocycles. The molecule has 0 atom stereocenters. The summed E-state index contributed by atoms with van der Waals surface area (Å²) in [7, 11) is 0. The Morgan fingerprint density at radius 1 is 0.941 bits per heavy atom. The average molecular weight is 344 g/mol. The Labute approximate surface area is 113 Å². The van der Waals surface area contributed by atoms with Crippen LogP contribution in [0.4, 0.5) is 8.78 Å². The van der Waals surface area contributed by atoms with Gasteiger partial charge < -0.3 is 0 Å². The van der Waals surface area contributed by atoms with Gasteiger partial charge in [0.2, 0.25) is 0 Å². The average Bonchev–Trinajstić information content (AvgIpc) is 2.36. The molecule has 0 saturated heterocycles. The van der Waals surface area contributed by atoms with E-state index in [1.54, 1.807) is 34.7 Å². The SMILES string of the molecule is CCc1ccc(-c2ccc(I)c(F)c2F)cc1. The van der Waals surface area contributed by atoms with Crippen LogP contribution < -0.4 is 0 Å². The summed E-state index contributed by atoms with van der Waals surface area (Å²) in [6, 6.07) is 10.7. The van der Waals surface area contributed by atoms with Crippen molar-refractivity contribution in [3.8, 4) is 11.1 Å². The van der Waals surface area contributed by atoms with Gasteiger partial charge in [-0.3, -0.25) is 0 Å². The maximum atomic E-state index is 13.8. The van der Waals surface area contributed by atoms with E-state index in [0.717, 1.165) is 6.42 Å². The van der Waals surface area contributed by atoms with E-state index in [2.05, 4.69) is 6.92 Å². The number of benzene rings is 2. The van der Waals surface area contributed by atoms with Crippen molar-refractivity contribution in [2.24, 2.45) is 0 Å². The normalized spacial score (nSPS) is 10.6. The van der Waals surface area contributed by atoms with Gasteiger partial charge in [0.15, 0.2) is 11.6 Å². The Balaban J connectivity index is 2.49. The first kappa shape index (κ1) is 12.5. The van der Waals surface area contributed by atoms with Crippen molar-refractivity contribution < 1.29 is 8.78 Å². The van der Waals surface area contributed by atoms with Crippen LogP contribution in [-0.2, 0) is 6.42 Å². The highest BCUT2D eigenvalue weighted by molar-refractivity contribution is 14.1. The second-order valence-corrected chi connectivity index (χ2v) is 4.94. The van der Waals surface area contributed by atoms with Crippen LogP contribution in [0.2, 0.25) is 0 Å². The Bertz CT molecular complexity index is 533. The summed E-state index contributed by atoms with van der Waals surface area (Å²) >= 11 is 1.78. The molecule has 0 nitrogen and oxygen atoms in total. The van der Waals surface area contributed by atoms with Crippen molar-refractivity contribution >= 4 is 22.6 Å². The Morgan fingerprint density at radius 2 is 1.59 bits per heavy atom. The predicted molar refractivity (Wildman–Crippen MR) is 73.9 cm³/mol. The molecule has 0 radical (unpaired) electrons. The molecule has 0 spiro atoms. The molecule has 0 bridgehead atoms. The number of rotatable bonds is 2. The second kappa shape index (κ2) is 5.12. The van der Waals surface area contributed by atoms with Gasteiger partial charge in [-0.15, -0.1) is 0 Å². The minimum absolute atomic E-state index is 0.300. The lowest BCUT2D eigenvalue weighted by atomic mass is 10.0. The Kier molecular flexibility index (Phi) is 3.76. The first-order valence-corrected chi connectivity index (χ1v) is 6.44. The van der Waals surface area contributed by atoms with Crippen molar-refractivity contribution in [1.29, 1.82) is 0 Å². The van der Waals surface area contributed by atoms with E-state index >= 15 is 0 Å². The predicted octanol–water partition coefficient (Wildman–Crippen LogP) is 4.80. The molecule has 0 unspecified atom stereocenters. The van der Waals surface area contributed by atoms with E-state index in [-0.39, 0.29) is 0 Å².